The summed E-state index contributed by atoms with van der Waals surface area (Å²) in [6.07, 6.45) is 3.61. The van der Waals surface area contributed by atoms with E-state index in [0.29, 0.717) is 5.76 Å². The van der Waals surface area contributed by atoms with Crippen LogP contribution in [0.4, 0.5) is 0 Å². The average Bonchev–Trinajstić information content (AvgIpc) is 3.17. The summed E-state index contributed by atoms with van der Waals surface area (Å²) < 4.78 is 11.1. The van der Waals surface area contributed by atoms with Gasteiger partial charge in [-0.15, -0.1) is 11.8 Å². The van der Waals surface area contributed by atoms with Gasteiger partial charge in [0, 0.05) is 4.90 Å². The molecule has 6 heteroatoms. The van der Waals surface area contributed by atoms with Crippen molar-refractivity contribution >= 4 is 23.9 Å². The van der Waals surface area contributed by atoms with Gasteiger partial charge < -0.3 is 9.15 Å². The molecule has 1 heterocycles. The number of hydrogen-bond acceptors (Lipinski definition) is 5. The Bertz CT molecular complexity index is 874. The maximum Gasteiger partial charge on any atom is 0.307 e. The van der Waals surface area contributed by atoms with Crippen molar-refractivity contribution in [1.29, 1.82) is 0 Å². The minimum absolute atomic E-state index is 0.187. The topological polar surface area (TPSA) is 63.8 Å². The molecule has 0 unspecified atom stereocenters. The number of ether oxygens (including phenoxy) is 1. The molecule has 0 fully saturated rings. The predicted molar refractivity (Wildman–Crippen MR) is 103 cm³/mol. The van der Waals surface area contributed by atoms with Gasteiger partial charge in [-0.25, -0.2) is 5.43 Å². The lowest BCUT2D eigenvalue weighted by molar-refractivity contribution is 0.0923. The van der Waals surface area contributed by atoms with E-state index in [9.17, 15) is 4.79 Å². The SMILES string of the molecule is CSc1ccc(/C=N\NC(=O)c2ccc(COc3ccccc3)o2)cc1. The Kier molecular flexibility index (Phi) is 6.11. The minimum atomic E-state index is -0.409. The second-order valence-electron chi connectivity index (χ2n) is 5.34. The van der Waals surface area contributed by atoms with Gasteiger partial charge in [0.25, 0.3) is 0 Å². The molecule has 0 saturated heterocycles. The van der Waals surface area contributed by atoms with Gasteiger partial charge in [-0.3, -0.25) is 4.79 Å². The molecule has 3 rings (SSSR count). The first-order valence-corrected chi connectivity index (χ1v) is 9.21. The van der Waals surface area contributed by atoms with Gasteiger partial charge in [-0.05, 0) is 48.2 Å². The Hall–Kier alpha value is -2.99. The van der Waals surface area contributed by atoms with Crippen molar-refractivity contribution in [2.75, 3.05) is 6.26 Å². The second-order valence-corrected chi connectivity index (χ2v) is 6.22. The zero-order chi connectivity index (χ0) is 18.2. The zero-order valence-corrected chi connectivity index (χ0v) is 15.0. The lowest BCUT2D eigenvalue weighted by Gasteiger charge is -2.03. The molecule has 0 saturated carbocycles. The molecule has 5 nitrogen and oxygen atoms in total. The highest BCUT2D eigenvalue weighted by molar-refractivity contribution is 7.98. The van der Waals surface area contributed by atoms with E-state index in [1.807, 2.05) is 60.9 Å². The fourth-order valence-corrected chi connectivity index (χ4v) is 2.57. The van der Waals surface area contributed by atoms with E-state index in [2.05, 4.69) is 10.5 Å². The molecule has 0 aliphatic carbocycles. The number of nitrogens with zero attached hydrogens (tertiary/aromatic N) is 1. The average molecular weight is 366 g/mol. The van der Waals surface area contributed by atoms with Crippen LogP contribution >= 0.6 is 11.8 Å². The molecular formula is C20H18N2O3S. The molecule has 0 atom stereocenters. The van der Waals surface area contributed by atoms with E-state index in [1.54, 1.807) is 30.1 Å². The van der Waals surface area contributed by atoms with Gasteiger partial charge in [-0.1, -0.05) is 30.3 Å². The molecule has 1 N–H and O–H groups in total. The van der Waals surface area contributed by atoms with Crippen LogP contribution in [0.3, 0.4) is 0 Å². The summed E-state index contributed by atoms with van der Waals surface area (Å²) in [4.78, 5) is 13.2. The molecule has 1 aromatic heterocycles. The standard InChI is InChI=1S/C20H18N2O3S/c1-26-18-10-7-15(8-11-18)13-21-22-20(23)19-12-9-17(25-19)14-24-16-5-3-2-4-6-16/h2-13H,14H2,1H3,(H,22,23)/b21-13-. The number of carbonyl (C=O) groups is 1. The van der Waals surface area contributed by atoms with E-state index >= 15 is 0 Å². The van der Waals surface area contributed by atoms with E-state index in [0.717, 1.165) is 11.3 Å². The van der Waals surface area contributed by atoms with E-state index < -0.39 is 5.91 Å². The number of amides is 1. The summed E-state index contributed by atoms with van der Waals surface area (Å²) in [5.74, 6) is 1.09. The van der Waals surface area contributed by atoms with Crippen LogP contribution < -0.4 is 10.2 Å². The van der Waals surface area contributed by atoms with Crippen LogP contribution in [-0.4, -0.2) is 18.4 Å². The number of rotatable bonds is 7. The van der Waals surface area contributed by atoms with Crippen molar-refractivity contribution in [2.24, 2.45) is 5.10 Å². The fourth-order valence-electron chi connectivity index (χ4n) is 2.16. The van der Waals surface area contributed by atoms with Gasteiger partial charge in [0.2, 0.25) is 0 Å². The molecule has 2 aromatic carbocycles. The number of nitrogens with one attached hydrogen (secondary N) is 1. The maximum atomic E-state index is 12.1. The third-order valence-corrected chi connectivity index (χ3v) is 4.25. The van der Waals surface area contributed by atoms with E-state index in [-0.39, 0.29) is 12.4 Å². The van der Waals surface area contributed by atoms with Crippen LogP contribution in [0.5, 0.6) is 5.75 Å². The van der Waals surface area contributed by atoms with Gasteiger partial charge in [0.1, 0.15) is 18.1 Å². The van der Waals surface area contributed by atoms with Crippen molar-refractivity contribution < 1.29 is 13.9 Å². The summed E-state index contributed by atoms with van der Waals surface area (Å²) in [7, 11) is 0. The van der Waals surface area contributed by atoms with Gasteiger partial charge >= 0.3 is 5.91 Å². The Morgan fingerprint density at radius 1 is 1.12 bits per heavy atom. The number of para-hydroxylation sites is 1. The molecule has 0 aliphatic rings. The quantitative estimate of drug-likeness (QED) is 0.384. The smallest absolute Gasteiger partial charge is 0.307 e. The van der Waals surface area contributed by atoms with E-state index in [4.69, 9.17) is 9.15 Å². The molecule has 132 valence electrons. The number of benzene rings is 2. The van der Waals surface area contributed by atoms with Crippen LogP contribution in [0.1, 0.15) is 21.9 Å². The molecule has 0 aliphatic heterocycles. The van der Waals surface area contributed by atoms with Crippen LogP contribution in [-0.2, 0) is 6.61 Å². The Balaban J connectivity index is 1.51. The van der Waals surface area contributed by atoms with Crippen molar-refractivity contribution in [1.82, 2.24) is 5.43 Å². The van der Waals surface area contributed by atoms with Crippen molar-refractivity contribution in [3.63, 3.8) is 0 Å². The number of hydrazone groups is 1. The number of carbonyl (C=O) groups excluding carboxylic acids is 1. The van der Waals surface area contributed by atoms with Gasteiger partial charge in [0.15, 0.2) is 5.76 Å². The molecule has 0 spiro atoms. The predicted octanol–water partition coefficient (Wildman–Crippen LogP) is 4.34. The lowest BCUT2D eigenvalue weighted by atomic mass is 10.2. The highest BCUT2D eigenvalue weighted by Gasteiger charge is 2.10. The number of hydrogen-bond donors (Lipinski definition) is 1. The first kappa shape index (κ1) is 17.8. The summed E-state index contributed by atoms with van der Waals surface area (Å²) in [5, 5.41) is 3.95. The summed E-state index contributed by atoms with van der Waals surface area (Å²) in [6, 6.07) is 20.6. The number of furan rings is 1. The van der Waals surface area contributed by atoms with Gasteiger partial charge in [0.05, 0.1) is 6.21 Å². The largest absolute Gasteiger partial charge is 0.486 e. The molecule has 26 heavy (non-hydrogen) atoms. The third kappa shape index (κ3) is 5.00. The van der Waals surface area contributed by atoms with Crippen molar-refractivity contribution in [2.45, 2.75) is 11.5 Å². The molecule has 0 radical (unpaired) electrons. The maximum absolute atomic E-state index is 12.1. The van der Waals surface area contributed by atoms with Crippen LogP contribution in [0.15, 0.2) is 81.1 Å². The Labute approximate surface area is 156 Å². The Morgan fingerprint density at radius 2 is 1.88 bits per heavy atom. The molecule has 1 amide bonds. The monoisotopic (exact) mass is 366 g/mol. The lowest BCUT2D eigenvalue weighted by Crippen LogP contribution is -2.16. The second kappa shape index (κ2) is 8.92. The highest BCUT2D eigenvalue weighted by atomic mass is 32.2. The Morgan fingerprint density at radius 3 is 2.62 bits per heavy atom. The number of thioether (sulfide) groups is 1. The van der Waals surface area contributed by atoms with Crippen LogP contribution in [0.25, 0.3) is 0 Å². The van der Waals surface area contributed by atoms with Crippen molar-refractivity contribution in [3.8, 4) is 5.75 Å². The minimum Gasteiger partial charge on any atom is -0.486 e. The third-order valence-electron chi connectivity index (χ3n) is 3.51. The summed E-state index contributed by atoms with van der Waals surface area (Å²) >= 11 is 1.67. The van der Waals surface area contributed by atoms with Crippen molar-refractivity contribution in [3.05, 3.63) is 83.8 Å². The molecule has 0 bridgehead atoms. The molecular weight excluding hydrogens is 348 g/mol. The highest BCUT2D eigenvalue weighted by Crippen LogP contribution is 2.15. The summed E-state index contributed by atoms with van der Waals surface area (Å²) in [5.41, 5.74) is 3.36. The normalized spacial score (nSPS) is 10.8. The summed E-state index contributed by atoms with van der Waals surface area (Å²) in [6.45, 7) is 0.252. The first-order chi connectivity index (χ1) is 12.7. The molecule has 3 aromatic rings. The zero-order valence-electron chi connectivity index (χ0n) is 14.2. The fraction of sp³-hybridized carbons (Fsp3) is 0.100. The van der Waals surface area contributed by atoms with Crippen LogP contribution in [0, 0.1) is 0 Å². The van der Waals surface area contributed by atoms with Gasteiger partial charge in [-0.2, -0.15) is 5.10 Å². The van der Waals surface area contributed by atoms with Crippen LogP contribution in [0.2, 0.25) is 0 Å². The van der Waals surface area contributed by atoms with E-state index in [1.165, 1.54) is 4.90 Å². The first-order valence-electron chi connectivity index (χ1n) is 7.98.